The molecule has 0 fully saturated rings. The molecular weight excluding hydrogens is 284 g/mol. The summed E-state index contributed by atoms with van der Waals surface area (Å²) < 4.78 is 0. The lowest BCUT2D eigenvalue weighted by atomic mass is 10.2. The standard InChI is InChI=1S/C16H12N2O2S/c17-11-12-4-3-5-13(10-12)18-16(20)15-8-7-14(21-15)6-1-2-9-19/h3-5,7-8,10,19H,2,9H2,(H,18,20). The fourth-order valence-corrected chi connectivity index (χ4v) is 2.37. The van der Waals surface area contributed by atoms with Crippen molar-refractivity contribution >= 4 is 22.9 Å². The Labute approximate surface area is 126 Å². The Hall–Kier alpha value is -2.60. The second-order valence-electron chi connectivity index (χ2n) is 4.09. The lowest BCUT2D eigenvalue weighted by Crippen LogP contribution is -2.09. The summed E-state index contributed by atoms with van der Waals surface area (Å²) in [6.07, 6.45) is 0.417. The van der Waals surface area contributed by atoms with E-state index in [0.717, 1.165) is 4.88 Å². The van der Waals surface area contributed by atoms with Crippen molar-refractivity contribution < 1.29 is 9.90 Å². The van der Waals surface area contributed by atoms with Gasteiger partial charge in [0, 0.05) is 12.1 Å². The van der Waals surface area contributed by atoms with Crippen molar-refractivity contribution in [1.82, 2.24) is 0 Å². The Morgan fingerprint density at radius 2 is 2.19 bits per heavy atom. The maximum atomic E-state index is 12.1. The summed E-state index contributed by atoms with van der Waals surface area (Å²) in [7, 11) is 0. The van der Waals surface area contributed by atoms with Crippen LogP contribution in [0.5, 0.6) is 0 Å². The fourth-order valence-electron chi connectivity index (χ4n) is 1.59. The van der Waals surface area contributed by atoms with Gasteiger partial charge in [-0.15, -0.1) is 11.3 Å². The molecule has 1 amide bonds. The second kappa shape index (κ2) is 7.25. The first-order valence-corrected chi connectivity index (χ1v) is 7.05. The number of hydrogen-bond acceptors (Lipinski definition) is 4. The molecule has 0 saturated carbocycles. The van der Waals surface area contributed by atoms with E-state index in [2.05, 4.69) is 17.2 Å². The van der Waals surface area contributed by atoms with E-state index in [1.807, 2.05) is 6.07 Å². The molecule has 0 aliphatic heterocycles. The molecule has 2 rings (SSSR count). The van der Waals surface area contributed by atoms with E-state index in [1.165, 1.54) is 11.3 Å². The smallest absolute Gasteiger partial charge is 0.265 e. The van der Waals surface area contributed by atoms with Crippen molar-refractivity contribution in [1.29, 1.82) is 5.26 Å². The monoisotopic (exact) mass is 296 g/mol. The van der Waals surface area contributed by atoms with Crippen molar-refractivity contribution in [2.75, 3.05) is 11.9 Å². The summed E-state index contributed by atoms with van der Waals surface area (Å²) in [6.45, 7) is 0.0287. The van der Waals surface area contributed by atoms with Crippen molar-refractivity contribution in [2.45, 2.75) is 6.42 Å². The molecule has 0 radical (unpaired) electrons. The summed E-state index contributed by atoms with van der Waals surface area (Å²) in [5.74, 6) is 5.47. The molecular formula is C16H12N2O2S. The zero-order valence-electron chi connectivity index (χ0n) is 11.1. The van der Waals surface area contributed by atoms with Crippen LogP contribution in [0.3, 0.4) is 0 Å². The van der Waals surface area contributed by atoms with Crippen LogP contribution in [0.15, 0.2) is 36.4 Å². The number of anilines is 1. The van der Waals surface area contributed by atoms with Crippen LogP contribution < -0.4 is 5.32 Å². The molecule has 5 heteroatoms. The molecule has 0 spiro atoms. The number of benzene rings is 1. The summed E-state index contributed by atoms with van der Waals surface area (Å²) in [6, 6.07) is 12.2. The van der Waals surface area contributed by atoms with Gasteiger partial charge in [0.25, 0.3) is 5.91 Å². The van der Waals surface area contributed by atoms with Gasteiger partial charge in [-0.2, -0.15) is 5.26 Å². The van der Waals surface area contributed by atoms with E-state index < -0.39 is 0 Å². The van der Waals surface area contributed by atoms with Gasteiger partial charge in [-0.3, -0.25) is 4.79 Å². The van der Waals surface area contributed by atoms with Gasteiger partial charge in [-0.25, -0.2) is 0 Å². The number of nitrogens with zero attached hydrogens (tertiary/aromatic N) is 1. The Kier molecular flexibility index (Phi) is 5.11. The van der Waals surface area contributed by atoms with Gasteiger partial charge in [-0.1, -0.05) is 17.9 Å². The number of hydrogen-bond donors (Lipinski definition) is 2. The minimum absolute atomic E-state index is 0.0287. The number of rotatable bonds is 3. The lowest BCUT2D eigenvalue weighted by molar-refractivity contribution is 0.103. The van der Waals surface area contributed by atoms with Crippen molar-refractivity contribution in [3.8, 4) is 17.9 Å². The van der Waals surface area contributed by atoms with Crippen LogP contribution >= 0.6 is 11.3 Å². The Balaban J connectivity index is 2.07. The predicted octanol–water partition coefficient (Wildman–Crippen LogP) is 2.61. The Bertz CT molecular complexity index is 747. The molecule has 4 nitrogen and oxygen atoms in total. The summed E-state index contributed by atoms with van der Waals surface area (Å²) in [5, 5.41) is 20.2. The van der Waals surface area contributed by atoms with Gasteiger partial charge < -0.3 is 10.4 Å². The van der Waals surface area contributed by atoms with Crippen molar-refractivity contribution in [2.24, 2.45) is 0 Å². The normalized spacial score (nSPS) is 9.33. The zero-order chi connectivity index (χ0) is 15.1. The highest BCUT2D eigenvalue weighted by Crippen LogP contribution is 2.18. The van der Waals surface area contributed by atoms with E-state index in [0.29, 0.717) is 22.5 Å². The topological polar surface area (TPSA) is 73.1 Å². The quantitative estimate of drug-likeness (QED) is 0.855. The average molecular weight is 296 g/mol. The minimum Gasteiger partial charge on any atom is -0.395 e. The van der Waals surface area contributed by atoms with Crippen LogP contribution in [0.1, 0.15) is 26.5 Å². The molecule has 21 heavy (non-hydrogen) atoms. The van der Waals surface area contributed by atoms with Crippen LogP contribution in [-0.4, -0.2) is 17.6 Å². The highest BCUT2D eigenvalue weighted by molar-refractivity contribution is 7.14. The first-order chi connectivity index (χ1) is 10.2. The third-order valence-electron chi connectivity index (χ3n) is 2.53. The van der Waals surface area contributed by atoms with Crippen molar-refractivity contribution in [3.63, 3.8) is 0 Å². The molecule has 104 valence electrons. The van der Waals surface area contributed by atoms with E-state index in [-0.39, 0.29) is 12.5 Å². The first-order valence-electron chi connectivity index (χ1n) is 6.24. The highest BCUT2D eigenvalue weighted by atomic mass is 32.1. The first kappa shape index (κ1) is 14.8. The SMILES string of the molecule is N#Cc1cccc(NC(=O)c2ccc(C#CCCO)s2)c1. The van der Waals surface area contributed by atoms with Crippen LogP contribution in [-0.2, 0) is 0 Å². The lowest BCUT2D eigenvalue weighted by Gasteiger charge is -2.03. The van der Waals surface area contributed by atoms with Gasteiger partial charge >= 0.3 is 0 Å². The van der Waals surface area contributed by atoms with E-state index in [4.69, 9.17) is 10.4 Å². The molecule has 0 bridgehead atoms. The Morgan fingerprint density at radius 1 is 1.33 bits per heavy atom. The van der Waals surface area contributed by atoms with Crippen molar-refractivity contribution in [3.05, 3.63) is 51.7 Å². The molecule has 2 aromatic rings. The maximum Gasteiger partial charge on any atom is 0.265 e. The highest BCUT2D eigenvalue weighted by Gasteiger charge is 2.09. The number of aliphatic hydroxyl groups excluding tert-OH is 1. The number of carbonyl (C=O) groups excluding carboxylic acids is 1. The molecule has 1 heterocycles. The van der Waals surface area contributed by atoms with Crippen LogP contribution in [0, 0.1) is 23.2 Å². The molecule has 2 N–H and O–H groups in total. The predicted molar refractivity (Wildman–Crippen MR) is 82.0 cm³/mol. The molecule has 0 aliphatic carbocycles. The maximum absolute atomic E-state index is 12.1. The van der Waals surface area contributed by atoms with E-state index >= 15 is 0 Å². The van der Waals surface area contributed by atoms with E-state index in [1.54, 1.807) is 36.4 Å². The molecule has 1 aromatic heterocycles. The molecule has 0 atom stereocenters. The second-order valence-corrected chi connectivity index (χ2v) is 5.17. The molecule has 1 aromatic carbocycles. The van der Waals surface area contributed by atoms with Gasteiger partial charge in [0.15, 0.2) is 0 Å². The zero-order valence-corrected chi connectivity index (χ0v) is 11.9. The largest absolute Gasteiger partial charge is 0.395 e. The summed E-state index contributed by atoms with van der Waals surface area (Å²) in [5.41, 5.74) is 1.08. The van der Waals surface area contributed by atoms with Crippen LogP contribution in [0.25, 0.3) is 0 Å². The third kappa shape index (κ3) is 4.19. The third-order valence-corrected chi connectivity index (χ3v) is 3.53. The molecule has 0 unspecified atom stereocenters. The number of aliphatic hydroxyl groups is 1. The number of amides is 1. The number of thiophene rings is 1. The van der Waals surface area contributed by atoms with Gasteiger partial charge in [-0.05, 0) is 30.3 Å². The fraction of sp³-hybridized carbons (Fsp3) is 0.125. The summed E-state index contributed by atoms with van der Waals surface area (Å²) in [4.78, 5) is 13.4. The van der Waals surface area contributed by atoms with Gasteiger partial charge in [0.2, 0.25) is 0 Å². The average Bonchev–Trinajstić information content (AvgIpc) is 2.97. The Morgan fingerprint density at radius 3 is 2.95 bits per heavy atom. The van der Waals surface area contributed by atoms with Gasteiger partial charge in [0.05, 0.1) is 28.0 Å². The number of nitrogens with one attached hydrogen (secondary N) is 1. The minimum atomic E-state index is -0.231. The van der Waals surface area contributed by atoms with Gasteiger partial charge in [0.1, 0.15) is 0 Å². The van der Waals surface area contributed by atoms with E-state index in [9.17, 15) is 4.79 Å². The number of nitriles is 1. The molecule has 0 saturated heterocycles. The number of carbonyl (C=O) groups is 1. The summed E-state index contributed by atoms with van der Waals surface area (Å²) >= 11 is 1.29. The molecule has 0 aliphatic rings. The van der Waals surface area contributed by atoms with Crippen LogP contribution in [0.4, 0.5) is 5.69 Å². The van der Waals surface area contributed by atoms with Crippen LogP contribution in [0.2, 0.25) is 0 Å².